The van der Waals surface area contributed by atoms with Crippen LogP contribution in [0.25, 0.3) is 10.8 Å². The number of rotatable bonds is 12. The zero-order chi connectivity index (χ0) is 29.4. The highest BCUT2D eigenvalue weighted by Gasteiger charge is 2.28. The number of halogens is 3. The van der Waals surface area contributed by atoms with Gasteiger partial charge in [-0.3, -0.25) is 19.6 Å². The number of phosphoric ester groups is 1. The van der Waals surface area contributed by atoms with Crippen molar-refractivity contribution in [3.63, 3.8) is 0 Å². The zero-order valence-corrected chi connectivity index (χ0v) is 22.6. The zero-order valence-electron chi connectivity index (χ0n) is 21.0. The van der Waals surface area contributed by atoms with Crippen LogP contribution in [0, 0.1) is 11.6 Å². The Morgan fingerprint density at radius 1 is 1.15 bits per heavy atom. The van der Waals surface area contributed by atoms with Crippen LogP contribution in [0.2, 0.25) is 5.02 Å². The molecule has 2 aromatic carbocycles. The summed E-state index contributed by atoms with van der Waals surface area (Å²) in [7, 11) is -4.89. The number of fused-ring (bicyclic) bond motifs is 1. The molecule has 0 unspecified atom stereocenters. The third kappa shape index (κ3) is 9.45. The Hall–Kier alpha value is -3.23. The summed E-state index contributed by atoms with van der Waals surface area (Å²) >= 11 is 5.98. The molecule has 3 aromatic rings. The van der Waals surface area contributed by atoms with Crippen LogP contribution in [0.15, 0.2) is 48.7 Å². The van der Waals surface area contributed by atoms with Crippen LogP contribution in [-0.4, -0.2) is 62.2 Å². The monoisotopic (exact) mass is 602 g/mol. The van der Waals surface area contributed by atoms with Gasteiger partial charge in [0.1, 0.15) is 24.1 Å². The number of nitrogens with zero attached hydrogens (tertiary/aromatic N) is 2. The number of anilines is 1. The van der Waals surface area contributed by atoms with Crippen LogP contribution in [0.5, 0.6) is 0 Å². The first-order valence-corrected chi connectivity index (χ1v) is 13.6. The fraction of sp³-hybridized carbons (Fsp3) is 0.292. The smallest absolute Gasteiger partial charge is 0.447 e. The molecule has 0 bridgehead atoms. The summed E-state index contributed by atoms with van der Waals surface area (Å²) in [6, 6.07) is 8.46. The molecule has 0 aliphatic carbocycles. The number of hydrogen-bond acceptors (Lipinski definition) is 8. The molecule has 216 valence electrons. The van der Waals surface area contributed by atoms with E-state index in [9.17, 15) is 28.0 Å². The van der Waals surface area contributed by atoms with E-state index in [4.69, 9.17) is 26.1 Å². The van der Waals surface area contributed by atoms with Gasteiger partial charge in [-0.15, -0.1) is 0 Å². The summed E-state index contributed by atoms with van der Waals surface area (Å²) < 4.78 is 47.9. The second kappa shape index (κ2) is 13.9. The van der Waals surface area contributed by atoms with E-state index >= 15 is 0 Å². The maximum absolute atomic E-state index is 13.8. The molecule has 40 heavy (non-hydrogen) atoms. The molecule has 0 aliphatic heterocycles. The van der Waals surface area contributed by atoms with E-state index in [-0.39, 0.29) is 23.8 Å². The fourth-order valence-corrected chi connectivity index (χ4v) is 4.22. The van der Waals surface area contributed by atoms with Gasteiger partial charge in [0.05, 0.1) is 23.8 Å². The van der Waals surface area contributed by atoms with Gasteiger partial charge in [-0.05, 0) is 41.3 Å². The van der Waals surface area contributed by atoms with Crippen molar-refractivity contribution >= 4 is 48.0 Å². The van der Waals surface area contributed by atoms with Crippen molar-refractivity contribution in [2.45, 2.75) is 32.0 Å². The Labute approximate surface area is 232 Å². The topological polar surface area (TPSA) is 171 Å². The first kappa shape index (κ1) is 31.3. The summed E-state index contributed by atoms with van der Waals surface area (Å²) in [5.74, 6) is -1.70. The predicted octanol–water partition coefficient (Wildman–Crippen LogP) is 3.50. The van der Waals surface area contributed by atoms with Gasteiger partial charge in [0.2, 0.25) is 5.91 Å². The number of ether oxygens (including phenoxy) is 1. The van der Waals surface area contributed by atoms with Gasteiger partial charge in [0.25, 0.3) is 0 Å². The predicted molar refractivity (Wildman–Crippen MR) is 140 cm³/mol. The van der Waals surface area contributed by atoms with Gasteiger partial charge in [-0.1, -0.05) is 23.7 Å². The lowest BCUT2D eigenvalue weighted by atomic mass is 10.1. The number of amides is 2. The molecule has 0 aliphatic rings. The highest BCUT2D eigenvalue weighted by molar-refractivity contribution is 7.46. The van der Waals surface area contributed by atoms with Crippen LogP contribution < -0.4 is 10.7 Å². The molecule has 12 nitrogen and oxygen atoms in total. The molecule has 3 rings (SSSR count). The summed E-state index contributed by atoms with van der Waals surface area (Å²) in [4.78, 5) is 46.8. The Bertz CT molecular complexity index is 1410. The molecule has 1 aromatic heterocycles. The van der Waals surface area contributed by atoms with Crippen molar-refractivity contribution in [1.82, 2.24) is 15.4 Å². The summed E-state index contributed by atoms with van der Waals surface area (Å²) in [6.07, 6.45) is -1.43. The summed E-state index contributed by atoms with van der Waals surface area (Å²) in [5.41, 5.74) is 3.05. The number of hydrazine groups is 1. The van der Waals surface area contributed by atoms with Gasteiger partial charge in [-0.25, -0.2) is 28.6 Å². The molecule has 0 fully saturated rings. The maximum atomic E-state index is 13.8. The lowest BCUT2D eigenvalue weighted by molar-refractivity contribution is -0.137. The largest absolute Gasteiger partial charge is 0.469 e. The minimum atomic E-state index is -4.89. The fourth-order valence-electron chi connectivity index (χ4n) is 3.66. The average molecular weight is 603 g/mol. The maximum Gasteiger partial charge on any atom is 0.469 e. The minimum absolute atomic E-state index is 0.0528. The standard InChI is InChI=1S/C24H26ClF2N4O8P/c1-14(32)31(29-11-16-3-2-4-21(27)23(16)25)19(9-20(33)13-39-40(35,36)37)12-38-24(34)30-22-8-17-7-18(26)6-5-15(17)10-28-22/h2-8,10,19-20,29,33H,9,11-13H2,1H3,(H,28,30,34)(H2,35,36,37)/t19-,20-/m1/s1. The second-order valence-electron chi connectivity index (χ2n) is 8.55. The number of pyridine rings is 1. The number of carbonyl (C=O) groups excluding carboxylic acids is 2. The van der Waals surface area contributed by atoms with Crippen LogP contribution in [0.4, 0.5) is 19.4 Å². The van der Waals surface area contributed by atoms with Crippen LogP contribution in [0.3, 0.4) is 0 Å². The Morgan fingerprint density at radius 2 is 1.90 bits per heavy atom. The first-order chi connectivity index (χ1) is 18.8. The molecule has 1 heterocycles. The molecule has 0 saturated heterocycles. The van der Waals surface area contributed by atoms with E-state index < -0.39 is 56.8 Å². The third-order valence-corrected chi connectivity index (χ3v) is 6.38. The van der Waals surface area contributed by atoms with Crippen molar-refractivity contribution in [3.05, 3.63) is 70.9 Å². The molecule has 0 radical (unpaired) electrons. The van der Waals surface area contributed by atoms with Crippen LogP contribution in [0.1, 0.15) is 18.9 Å². The molecule has 0 spiro atoms. The second-order valence-corrected chi connectivity index (χ2v) is 10.2. The Kier molecular flexibility index (Phi) is 10.9. The molecule has 2 atom stereocenters. The van der Waals surface area contributed by atoms with Crippen molar-refractivity contribution in [2.24, 2.45) is 0 Å². The number of nitrogens with one attached hydrogen (secondary N) is 2. The number of benzene rings is 2. The van der Waals surface area contributed by atoms with Crippen molar-refractivity contribution in [2.75, 3.05) is 18.5 Å². The van der Waals surface area contributed by atoms with Crippen LogP contribution in [-0.2, 0) is 25.2 Å². The lowest BCUT2D eigenvalue weighted by Gasteiger charge is -2.32. The number of phosphoric acid groups is 1. The normalized spacial score (nSPS) is 13.1. The van der Waals surface area contributed by atoms with E-state index in [1.165, 1.54) is 49.5 Å². The van der Waals surface area contributed by atoms with E-state index in [1.807, 2.05) is 0 Å². The highest BCUT2D eigenvalue weighted by Crippen LogP contribution is 2.36. The quantitative estimate of drug-likeness (QED) is 0.153. The number of aromatic nitrogens is 1. The minimum Gasteiger partial charge on any atom is -0.447 e. The van der Waals surface area contributed by atoms with Crippen LogP contribution >= 0.6 is 19.4 Å². The van der Waals surface area contributed by atoms with E-state index in [1.54, 1.807) is 0 Å². The average Bonchev–Trinajstić information content (AvgIpc) is 2.87. The number of hydrogen-bond donors (Lipinski definition) is 5. The van der Waals surface area contributed by atoms with Gasteiger partial charge in [0.15, 0.2) is 0 Å². The molecule has 2 amide bonds. The molecule has 0 saturated carbocycles. The highest BCUT2D eigenvalue weighted by atomic mass is 35.5. The van der Waals surface area contributed by atoms with E-state index in [0.29, 0.717) is 16.3 Å². The molecular formula is C24H26ClF2N4O8P. The lowest BCUT2D eigenvalue weighted by Crippen LogP contribution is -2.52. The molecule has 5 N–H and O–H groups in total. The van der Waals surface area contributed by atoms with Crippen molar-refractivity contribution in [3.8, 4) is 0 Å². The van der Waals surface area contributed by atoms with Gasteiger partial charge >= 0.3 is 13.9 Å². The Morgan fingerprint density at radius 3 is 2.60 bits per heavy atom. The third-order valence-electron chi connectivity index (χ3n) is 5.48. The van der Waals surface area contributed by atoms with Crippen molar-refractivity contribution < 1.29 is 47.1 Å². The molecular weight excluding hydrogens is 577 g/mol. The SMILES string of the molecule is CC(=O)N(NCc1cccc(F)c1Cl)[C@@H](COC(=O)Nc1cc2cc(F)ccc2cn1)C[C@@H](O)COP(=O)(O)O. The van der Waals surface area contributed by atoms with Gasteiger partial charge < -0.3 is 19.6 Å². The molecule has 16 heteroatoms. The number of aliphatic hydroxyl groups is 1. The van der Waals surface area contributed by atoms with Crippen molar-refractivity contribution in [1.29, 1.82) is 0 Å². The van der Waals surface area contributed by atoms with E-state index in [2.05, 4.69) is 20.3 Å². The summed E-state index contributed by atoms with van der Waals surface area (Å²) in [5, 5.41) is 14.6. The summed E-state index contributed by atoms with van der Waals surface area (Å²) in [6.45, 7) is -0.258. The van der Waals surface area contributed by atoms with E-state index in [0.717, 1.165) is 11.1 Å². The van der Waals surface area contributed by atoms with Gasteiger partial charge in [0, 0.05) is 31.5 Å². The first-order valence-electron chi connectivity index (χ1n) is 11.7. The number of carbonyl (C=O) groups is 2. The van der Waals surface area contributed by atoms with Gasteiger partial charge in [-0.2, -0.15) is 0 Å². The number of aliphatic hydroxyl groups excluding tert-OH is 1. The Balaban J connectivity index is 1.72.